The van der Waals surface area contributed by atoms with Gasteiger partial charge in [0.1, 0.15) is 17.7 Å². The minimum Gasteiger partial charge on any atom is -0.357 e. The van der Waals surface area contributed by atoms with Crippen LogP contribution in [0.5, 0.6) is 0 Å². The topological polar surface area (TPSA) is 80.0 Å². The van der Waals surface area contributed by atoms with E-state index in [4.69, 9.17) is 0 Å². The summed E-state index contributed by atoms with van der Waals surface area (Å²) in [4.78, 5) is 7.84. The van der Waals surface area contributed by atoms with Gasteiger partial charge in [-0.05, 0) is 19.8 Å². The van der Waals surface area contributed by atoms with E-state index < -0.39 is 11.9 Å². The Bertz CT molecular complexity index is 652. The van der Waals surface area contributed by atoms with Crippen molar-refractivity contribution in [2.24, 2.45) is 4.99 Å². The van der Waals surface area contributed by atoms with Gasteiger partial charge in [-0.1, -0.05) is 0 Å². The van der Waals surface area contributed by atoms with Gasteiger partial charge in [-0.2, -0.15) is 13.2 Å². The van der Waals surface area contributed by atoms with Crippen molar-refractivity contribution in [3.8, 4) is 0 Å². The zero-order valence-electron chi connectivity index (χ0n) is 13.8. The van der Waals surface area contributed by atoms with E-state index in [1.54, 1.807) is 12.7 Å². The zero-order chi connectivity index (χ0) is 18.1. The molecule has 138 valence electrons. The molecule has 0 atom stereocenters. The average molecular weight is 375 g/mol. The zero-order valence-corrected chi connectivity index (χ0v) is 14.6. The number of alkyl halides is 3. The number of aliphatic imine (C=N–C) groups is 1. The lowest BCUT2D eigenvalue weighted by Crippen LogP contribution is -2.37. The first-order valence-electron chi connectivity index (χ1n) is 7.85. The molecule has 0 saturated carbocycles. The van der Waals surface area contributed by atoms with Crippen LogP contribution in [0.3, 0.4) is 0 Å². The Kier molecular flexibility index (Phi) is 7.16. The molecule has 25 heavy (non-hydrogen) atoms. The second-order valence-electron chi connectivity index (χ2n) is 5.15. The fourth-order valence-corrected chi connectivity index (χ4v) is 2.69. The molecule has 7 nitrogen and oxygen atoms in total. The normalized spacial score (nSPS) is 12.4. The number of guanidine groups is 1. The molecule has 2 N–H and O–H groups in total. The number of rotatable bonds is 8. The minimum absolute atomic E-state index is 0.108. The summed E-state index contributed by atoms with van der Waals surface area (Å²) in [7, 11) is 0. The molecule has 0 bridgehead atoms. The number of hydrogen-bond donors (Lipinski definition) is 2. The van der Waals surface area contributed by atoms with Crippen LogP contribution in [-0.4, -0.2) is 38.8 Å². The average Bonchev–Trinajstić information content (AvgIpc) is 3.23. The Labute approximate surface area is 147 Å². The monoisotopic (exact) mass is 375 g/mol. The maximum absolute atomic E-state index is 12.5. The van der Waals surface area contributed by atoms with E-state index in [9.17, 15) is 13.2 Å². The van der Waals surface area contributed by atoms with E-state index in [0.717, 1.165) is 36.1 Å². The molecule has 11 heteroatoms. The highest BCUT2D eigenvalue weighted by molar-refractivity contribution is 7.09. The van der Waals surface area contributed by atoms with Crippen molar-refractivity contribution in [3.05, 3.63) is 28.7 Å². The first kappa shape index (κ1) is 19.2. The summed E-state index contributed by atoms with van der Waals surface area (Å²) in [5.74, 6) is 0.565. The molecule has 0 spiro atoms. The molecule has 2 heterocycles. The molecule has 0 aliphatic heterocycles. The molecular formula is C14H20F3N7S. The highest BCUT2D eigenvalue weighted by atomic mass is 32.1. The maximum Gasteiger partial charge on any atom is 0.434 e. The van der Waals surface area contributed by atoms with E-state index in [1.807, 2.05) is 11.5 Å². The molecule has 0 aromatic carbocycles. The van der Waals surface area contributed by atoms with Crippen molar-refractivity contribution in [3.63, 3.8) is 0 Å². The van der Waals surface area contributed by atoms with Gasteiger partial charge in [-0.25, -0.2) is 9.98 Å². The van der Waals surface area contributed by atoms with Gasteiger partial charge in [0.05, 0.1) is 6.54 Å². The summed E-state index contributed by atoms with van der Waals surface area (Å²) >= 11 is 0.959. The SMILES string of the molecule is CCNC(=NCc1nc(C(F)(F)F)cs1)NCCCCn1cnnc1. The van der Waals surface area contributed by atoms with Crippen LogP contribution in [0.25, 0.3) is 0 Å². The van der Waals surface area contributed by atoms with E-state index in [-0.39, 0.29) is 6.54 Å². The molecule has 0 unspecified atom stereocenters. The van der Waals surface area contributed by atoms with Crippen molar-refractivity contribution in [1.82, 2.24) is 30.4 Å². The summed E-state index contributed by atoms with van der Waals surface area (Å²) < 4.78 is 39.5. The molecular weight excluding hydrogens is 355 g/mol. The van der Waals surface area contributed by atoms with Crippen LogP contribution in [0.4, 0.5) is 13.2 Å². The third-order valence-corrected chi connectivity index (χ3v) is 3.99. The highest BCUT2D eigenvalue weighted by Crippen LogP contribution is 2.30. The second-order valence-corrected chi connectivity index (χ2v) is 6.10. The Hall–Kier alpha value is -2.17. The largest absolute Gasteiger partial charge is 0.434 e. The van der Waals surface area contributed by atoms with Gasteiger partial charge in [0, 0.05) is 25.0 Å². The Morgan fingerprint density at radius 2 is 2.00 bits per heavy atom. The molecule has 0 aliphatic carbocycles. The van der Waals surface area contributed by atoms with E-state index >= 15 is 0 Å². The first-order chi connectivity index (χ1) is 12.0. The number of unbranched alkanes of at least 4 members (excludes halogenated alkanes) is 1. The van der Waals surface area contributed by atoms with Crippen LogP contribution in [0.1, 0.15) is 30.5 Å². The molecule has 2 aromatic rings. The van der Waals surface area contributed by atoms with Crippen LogP contribution >= 0.6 is 11.3 Å². The van der Waals surface area contributed by atoms with Gasteiger partial charge >= 0.3 is 6.18 Å². The van der Waals surface area contributed by atoms with Crippen molar-refractivity contribution < 1.29 is 13.2 Å². The van der Waals surface area contributed by atoms with Crippen molar-refractivity contribution >= 4 is 17.3 Å². The van der Waals surface area contributed by atoms with Gasteiger partial charge < -0.3 is 15.2 Å². The van der Waals surface area contributed by atoms with Crippen LogP contribution in [0, 0.1) is 0 Å². The summed E-state index contributed by atoms with van der Waals surface area (Å²) in [5.41, 5.74) is -0.866. The number of thiazole rings is 1. The van der Waals surface area contributed by atoms with Gasteiger partial charge in [0.15, 0.2) is 11.7 Å². The maximum atomic E-state index is 12.5. The lowest BCUT2D eigenvalue weighted by Gasteiger charge is -2.10. The lowest BCUT2D eigenvalue weighted by molar-refractivity contribution is -0.140. The number of aryl methyl sites for hydroxylation is 1. The predicted octanol–water partition coefficient (Wildman–Crippen LogP) is 2.29. The number of aromatic nitrogens is 4. The van der Waals surface area contributed by atoms with Crippen LogP contribution in [0.15, 0.2) is 23.0 Å². The fraction of sp³-hybridized carbons (Fsp3) is 0.571. The van der Waals surface area contributed by atoms with Gasteiger partial charge in [-0.15, -0.1) is 21.5 Å². The minimum atomic E-state index is -4.41. The van der Waals surface area contributed by atoms with Crippen LogP contribution in [-0.2, 0) is 19.3 Å². The van der Waals surface area contributed by atoms with E-state index in [0.29, 0.717) is 24.1 Å². The second kappa shape index (κ2) is 9.35. The summed E-state index contributed by atoms with van der Waals surface area (Å²) in [6, 6.07) is 0. The lowest BCUT2D eigenvalue weighted by atomic mass is 10.3. The van der Waals surface area contributed by atoms with Crippen molar-refractivity contribution in [2.75, 3.05) is 13.1 Å². The van der Waals surface area contributed by atoms with Crippen molar-refractivity contribution in [2.45, 2.75) is 39.0 Å². The molecule has 2 rings (SSSR count). The number of nitrogens with zero attached hydrogens (tertiary/aromatic N) is 5. The fourth-order valence-electron chi connectivity index (χ4n) is 1.97. The third kappa shape index (κ3) is 6.69. The smallest absolute Gasteiger partial charge is 0.357 e. The van der Waals surface area contributed by atoms with E-state index in [2.05, 4.69) is 30.8 Å². The first-order valence-corrected chi connectivity index (χ1v) is 8.73. The predicted molar refractivity (Wildman–Crippen MR) is 89.2 cm³/mol. The van der Waals surface area contributed by atoms with Gasteiger partial charge in [-0.3, -0.25) is 0 Å². The van der Waals surface area contributed by atoms with Gasteiger partial charge in [0.2, 0.25) is 0 Å². The Morgan fingerprint density at radius 1 is 1.24 bits per heavy atom. The quantitative estimate of drug-likeness (QED) is 0.420. The van der Waals surface area contributed by atoms with Crippen LogP contribution in [0.2, 0.25) is 0 Å². The highest BCUT2D eigenvalue weighted by Gasteiger charge is 2.33. The molecule has 0 radical (unpaired) electrons. The summed E-state index contributed by atoms with van der Waals surface area (Å²) in [6.45, 7) is 4.24. The third-order valence-electron chi connectivity index (χ3n) is 3.16. The van der Waals surface area contributed by atoms with Crippen molar-refractivity contribution in [1.29, 1.82) is 0 Å². The molecule has 0 saturated heterocycles. The Balaban J connectivity index is 1.76. The molecule has 2 aromatic heterocycles. The summed E-state index contributed by atoms with van der Waals surface area (Å²) in [5, 5.41) is 15.0. The number of hydrogen-bond acceptors (Lipinski definition) is 5. The van der Waals surface area contributed by atoms with Crippen LogP contribution < -0.4 is 10.6 Å². The standard InChI is InChI=1S/C14H20F3N7S/c1-2-18-13(19-5-3-4-6-24-9-21-22-10-24)20-7-12-23-11(8-25-12)14(15,16)17/h8-10H,2-7H2,1H3,(H2,18,19,20). The number of nitrogens with one attached hydrogen (secondary N) is 2. The van der Waals surface area contributed by atoms with Gasteiger partial charge in [0.25, 0.3) is 0 Å². The molecule has 0 amide bonds. The Morgan fingerprint density at radius 3 is 2.64 bits per heavy atom. The number of halogens is 3. The van der Waals surface area contributed by atoms with E-state index in [1.165, 1.54) is 0 Å². The summed E-state index contributed by atoms with van der Waals surface area (Å²) in [6.07, 6.45) is 0.792. The molecule has 0 fully saturated rings. The molecule has 0 aliphatic rings.